The number of hydrogen-bond donors (Lipinski definition) is 1. The number of likely N-dealkylation sites (N-methyl/N-ethyl adjacent to an activating group) is 1. The van der Waals surface area contributed by atoms with Crippen LogP contribution in [0, 0.1) is 0 Å². The Morgan fingerprint density at radius 3 is 3.10 bits per heavy atom. The predicted molar refractivity (Wildman–Crippen MR) is 85.4 cm³/mol. The summed E-state index contributed by atoms with van der Waals surface area (Å²) in [6, 6.07) is 8.58. The van der Waals surface area contributed by atoms with Crippen LogP contribution >= 0.6 is 11.3 Å². The first-order chi connectivity index (χ1) is 9.86. The van der Waals surface area contributed by atoms with Crippen molar-refractivity contribution in [2.24, 2.45) is 0 Å². The highest BCUT2D eigenvalue weighted by atomic mass is 32.1. The van der Waals surface area contributed by atoms with Crippen LogP contribution in [0.2, 0.25) is 0 Å². The molecule has 0 fully saturated rings. The van der Waals surface area contributed by atoms with Crippen molar-refractivity contribution in [1.29, 1.82) is 0 Å². The molecule has 0 aliphatic carbocycles. The molecule has 1 aromatic carbocycles. The van der Waals surface area contributed by atoms with Gasteiger partial charge in [0.15, 0.2) is 0 Å². The summed E-state index contributed by atoms with van der Waals surface area (Å²) < 4.78 is 3.53. The monoisotopic (exact) mass is 285 g/mol. The van der Waals surface area contributed by atoms with Crippen molar-refractivity contribution in [3.8, 4) is 0 Å². The summed E-state index contributed by atoms with van der Waals surface area (Å²) in [5.41, 5.74) is 2.53. The molecule has 0 saturated carbocycles. The first-order valence-corrected chi connectivity index (χ1v) is 7.91. The highest BCUT2D eigenvalue weighted by molar-refractivity contribution is 7.17. The molecular formula is C16H19N3S. The van der Waals surface area contributed by atoms with Gasteiger partial charge in [-0.25, -0.2) is 4.98 Å². The van der Waals surface area contributed by atoms with E-state index in [4.69, 9.17) is 0 Å². The van der Waals surface area contributed by atoms with Gasteiger partial charge in [0.1, 0.15) is 0 Å². The summed E-state index contributed by atoms with van der Waals surface area (Å²) in [5, 5.41) is 6.94. The largest absolute Gasteiger partial charge is 0.333 e. The van der Waals surface area contributed by atoms with Crippen molar-refractivity contribution in [1.82, 2.24) is 14.9 Å². The van der Waals surface area contributed by atoms with Crippen molar-refractivity contribution in [3.05, 3.63) is 53.4 Å². The van der Waals surface area contributed by atoms with Crippen LogP contribution in [-0.4, -0.2) is 22.6 Å². The summed E-state index contributed by atoms with van der Waals surface area (Å²) >= 11 is 1.81. The molecule has 0 bridgehead atoms. The van der Waals surface area contributed by atoms with Gasteiger partial charge >= 0.3 is 0 Å². The van der Waals surface area contributed by atoms with Crippen LogP contribution in [0.15, 0.2) is 42.2 Å². The third-order valence-corrected chi connectivity index (χ3v) is 4.42. The molecule has 3 rings (SSSR count). The van der Waals surface area contributed by atoms with E-state index in [1.165, 1.54) is 15.6 Å². The maximum Gasteiger partial charge on any atom is 0.0952 e. The van der Waals surface area contributed by atoms with Crippen LogP contribution in [0.25, 0.3) is 10.1 Å². The fourth-order valence-electron chi connectivity index (χ4n) is 2.37. The zero-order chi connectivity index (χ0) is 13.8. The molecule has 1 N–H and O–H groups in total. The Labute approximate surface area is 123 Å². The molecule has 3 aromatic rings. The molecule has 3 nitrogen and oxygen atoms in total. The van der Waals surface area contributed by atoms with Gasteiger partial charge in [0.05, 0.1) is 12.0 Å². The molecule has 104 valence electrons. The Morgan fingerprint density at radius 1 is 1.30 bits per heavy atom. The molecule has 0 saturated heterocycles. The molecule has 20 heavy (non-hydrogen) atoms. The van der Waals surface area contributed by atoms with Crippen molar-refractivity contribution < 1.29 is 0 Å². The average molecular weight is 285 g/mol. The summed E-state index contributed by atoms with van der Waals surface area (Å²) in [6.45, 7) is 5.04. The van der Waals surface area contributed by atoms with Gasteiger partial charge in [-0.2, -0.15) is 0 Å². The van der Waals surface area contributed by atoms with Gasteiger partial charge in [0, 0.05) is 30.4 Å². The predicted octanol–water partition coefficient (Wildman–Crippen LogP) is 3.30. The van der Waals surface area contributed by atoms with Crippen LogP contribution < -0.4 is 5.32 Å². The number of hydrogen-bond acceptors (Lipinski definition) is 3. The number of benzene rings is 1. The topological polar surface area (TPSA) is 29.9 Å². The van der Waals surface area contributed by atoms with E-state index in [-0.39, 0.29) is 0 Å². The van der Waals surface area contributed by atoms with Gasteiger partial charge in [-0.1, -0.05) is 25.1 Å². The van der Waals surface area contributed by atoms with Crippen molar-refractivity contribution >= 4 is 21.4 Å². The second kappa shape index (κ2) is 6.20. The van der Waals surface area contributed by atoms with E-state index in [0.717, 1.165) is 31.7 Å². The SMILES string of the molecule is CCNCCc1cn(Cc2csc3ccccc23)cn1. The minimum atomic E-state index is 0.901. The normalized spacial score (nSPS) is 11.2. The van der Waals surface area contributed by atoms with E-state index in [1.54, 1.807) is 0 Å². The number of rotatable bonds is 6. The molecule has 0 atom stereocenters. The standard InChI is InChI=1S/C16H19N3S/c1-2-17-8-7-14-10-19(12-18-14)9-13-11-20-16-6-4-3-5-15(13)16/h3-6,10-12,17H,2,7-9H2,1H3. The molecule has 0 aliphatic heterocycles. The van der Waals surface area contributed by atoms with Gasteiger partial charge < -0.3 is 9.88 Å². The lowest BCUT2D eigenvalue weighted by Crippen LogP contribution is -2.16. The van der Waals surface area contributed by atoms with Gasteiger partial charge in [0.25, 0.3) is 0 Å². The summed E-state index contributed by atoms with van der Waals surface area (Å²) in [5.74, 6) is 0. The molecule has 0 radical (unpaired) electrons. The van der Waals surface area contributed by atoms with E-state index >= 15 is 0 Å². The molecular weight excluding hydrogens is 266 g/mol. The number of imidazole rings is 1. The molecule has 4 heteroatoms. The number of fused-ring (bicyclic) bond motifs is 1. The number of nitrogens with one attached hydrogen (secondary N) is 1. The minimum absolute atomic E-state index is 0.901. The van der Waals surface area contributed by atoms with E-state index < -0.39 is 0 Å². The van der Waals surface area contributed by atoms with Crippen molar-refractivity contribution in [3.63, 3.8) is 0 Å². The summed E-state index contributed by atoms with van der Waals surface area (Å²) in [4.78, 5) is 4.47. The Bertz CT molecular complexity index is 684. The zero-order valence-corrected chi connectivity index (χ0v) is 12.5. The van der Waals surface area contributed by atoms with Crippen LogP contribution in [-0.2, 0) is 13.0 Å². The second-order valence-electron chi connectivity index (χ2n) is 4.90. The highest BCUT2D eigenvalue weighted by Crippen LogP contribution is 2.26. The minimum Gasteiger partial charge on any atom is -0.333 e. The van der Waals surface area contributed by atoms with Gasteiger partial charge in [-0.05, 0) is 28.9 Å². The third-order valence-electron chi connectivity index (χ3n) is 3.41. The maximum absolute atomic E-state index is 4.47. The summed E-state index contributed by atoms with van der Waals surface area (Å²) in [6.07, 6.45) is 5.09. The average Bonchev–Trinajstić information content (AvgIpc) is 3.08. The Balaban J connectivity index is 1.71. The van der Waals surface area contributed by atoms with Gasteiger partial charge in [0.2, 0.25) is 0 Å². The molecule has 0 unspecified atom stereocenters. The molecule has 0 amide bonds. The molecule has 2 heterocycles. The number of aromatic nitrogens is 2. The zero-order valence-electron chi connectivity index (χ0n) is 11.7. The highest BCUT2D eigenvalue weighted by Gasteiger charge is 2.05. The molecule has 0 spiro atoms. The van der Waals surface area contributed by atoms with Crippen molar-refractivity contribution in [2.75, 3.05) is 13.1 Å². The lowest BCUT2D eigenvalue weighted by Gasteiger charge is -2.01. The maximum atomic E-state index is 4.47. The Morgan fingerprint density at radius 2 is 2.20 bits per heavy atom. The first kappa shape index (κ1) is 13.3. The fourth-order valence-corrected chi connectivity index (χ4v) is 3.32. The molecule has 0 aliphatic rings. The van der Waals surface area contributed by atoms with Crippen LogP contribution in [0.4, 0.5) is 0 Å². The van der Waals surface area contributed by atoms with Crippen LogP contribution in [0.1, 0.15) is 18.2 Å². The lowest BCUT2D eigenvalue weighted by atomic mass is 10.2. The van der Waals surface area contributed by atoms with E-state index in [0.29, 0.717) is 0 Å². The quantitative estimate of drug-likeness (QED) is 0.704. The van der Waals surface area contributed by atoms with E-state index in [2.05, 4.69) is 57.6 Å². The number of nitrogens with zero attached hydrogens (tertiary/aromatic N) is 2. The fraction of sp³-hybridized carbons (Fsp3) is 0.312. The first-order valence-electron chi connectivity index (χ1n) is 7.03. The van der Waals surface area contributed by atoms with Crippen LogP contribution in [0.3, 0.4) is 0 Å². The second-order valence-corrected chi connectivity index (χ2v) is 5.81. The van der Waals surface area contributed by atoms with E-state index in [1.807, 2.05) is 17.7 Å². The third kappa shape index (κ3) is 2.92. The Kier molecular flexibility index (Phi) is 4.14. The van der Waals surface area contributed by atoms with Crippen LogP contribution in [0.5, 0.6) is 0 Å². The summed E-state index contributed by atoms with van der Waals surface area (Å²) in [7, 11) is 0. The van der Waals surface area contributed by atoms with Crippen molar-refractivity contribution in [2.45, 2.75) is 19.9 Å². The van der Waals surface area contributed by atoms with Gasteiger partial charge in [-0.3, -0.25) is 0 Å². The van der Waals surface area contributed by atoms with Gasteiger partial charge in [-0.15, -0.1) is 11.3 Å². The van der Waals surface area contributed by atoms with E-state index in [9.17, 15) is 0 Å². The molecule has 2 aromatic heterocycles. The smallest absolute Gasteiger partial charge is 0.0952 e. The number of thiophene rings is 1. The lowest BCUT2D eigenvalue weighted by molar-refractivity contribution is 0.709. The Hall–Kier alpha value is -1.65.